The molecule has 3 rings (SSSR count). The van der Waals surface area contributed by atoms with Gasteiger partial charge in [-0.2, -0.15) is 0 Å². The van der Waals surface area contributed by atoms with Crippen molar-refractivity contribution in [3.63, 3.8) is 0 Å². The van der Waals surface area contributed by atoms with Gasteiger partial charge in [-0.1, -0.05) is 27.2 Å². The number of benzene rings is 1. The van der Waals surface area contributed by atoms with Crippen molar-refractivity contribution in [2.75, 3.05) is 24.6 Å². The first kappa shape index (κ1) is 22.9. The molecule has 3 amide bonds. The summed E-state index contributed by atoms with van der Waals surface area (Å²) in [5.41, 5.74) is 2.62. The van der Waals surface area contributed by atoms with Crippen LogP contribution in [0.15, 0.2) is 18.2 Å². The fraction of sp³-hybridized carbons (Fsp3) is 0.591. The lowest BCUT2D eigenvalue weighted by atomic mass is 9.97. The lowest BCUT2D eigenvalue weighted by molar-refractivity contribution is -0.129. The van der Waals surface area contributed by atoms with Crippen LogP contribution < -0.4 is 10.2 Å². The van der Waals surface area contributed by atoms with Crippen molar-refractivity contribution < 1.29 is 19.5 Å². The molecule has 0 aromatic heterocycles. The first-order valence-corrected chi connectivity index (χ1v) is 10.6. The van der Waals surface area contributed by atoms with Gasteiger partial charge in [0, 0.05) is 37.5 Å². The van der Waals surface area contributed by atoms with Crippen LogP contribution in [0.4, 0.5) is 5.69 Å². The van der Waals surface area contributed by atoms with Gasteiger partial charge in [0.1, 0.15) is 6.04 Å². The average molecular weight is 404 g/mol. The molecule has 1 saturated heterocycles. The van der Waals surface area contributed by atoms with Gasteiger partial charge in [-0.3, -0.25) is 19.7 Å². The SMILES string of the molecule is CC.CCCC(C(=O)NC=O)N1Cc2cc(N3CCC(CO)CC3)ccc2C1=O. The van der Waals surface area contributed by atoms with Crippen molar-refractivity contribution in [3.8, 4) is 0 Å². The van der Waals surface area contributed by atoms with Gasteiger partial charge in [-0.05, 0) is 48.9 Å². The van der Waals surface area contributed by atoms with Crippen molar-refractivity contribution in [2.24, 2.45) is 5.92 Å². The highest BCUT2D eigenvalue weighted by Gasteiger charge is 2.36. The molecule has 2 heterocycles. The molecule has 29 heavy (non-hydrogen) atoms. The van der Waals surface area contributed by atoms with Crippen molar-refractivity contribution in [1.82, 2.24) is 10.2 Å². The molecule has 1 fully saturated rings. The number of nitrogens with zero attached hydrogens (tertiary/aromatic N) is 2. The van der Waals surface area contributed by atoms with Crippen LogP contribution in [-0.2, 0) is 16.1 Å². The Bertz CT molecular complexity index is 714. The molecule has 7 heteroatoms. The molecule has 0 spiro atoms. The van der Waals surface area contributed by atoms with E-state index in [1.165, 1.54) is 0 Å². The van der Waals surface area contributed by atoms with Gasteiger partial charge in [0.05, 0.1) is 0 Å². The molecule has 160 valence electrons. The van der Waals surface area contributed by atoms with Crippen molar-refractivity contribution in [1.29, 1.82) is 0 Å². The molecule has 1 atom stereocenters. The van der Waals surface area contributed by atoms with E-state index in [1.807, 2.05) is 39.0 Å². The minimum atomic E-state index is -0.635. The Morgan fingerprint density at radius 1 is 1.31 bits per heavy atom. The summed E-state index contributed by atoms with van der Waals surface area (Å²) in [4.78, 5) is 39.5. The molecule has 0 aliphatic carbocycles. The summed E-state index contributed by atoms with van der Waals surface area (Å²) in [5.74, 6) is -0.215. The molecular weight excluding hydrogens is 370 g/mol. The first-order chi connectivity index (χ1) is 14.1. The molecule has 2 N–H and O–H groups in total. The monoisotopic (exact) mass is 403 g/mol. The van der Waals surface area contributed by atoms with E-state index < -0.39 is 11.9 Å². The summed E-state index contributed by atoms with van der Waals surface area (Å²) < 4.78 is 0. The van der Waals surface area contributed by atoms with E-state index in [2.05, 4.69) is 10.2 Å². The molecule has 7 nitrogen and oxygen atoms in total. The van der Waals surface area contributed by atoms with Crippen LogP contribution in [0.25, 0.3) is 0 Å². The van der Waals surface area contributed by atoms with Crippen LogP contribution in [0.1, 0.15) is 62.4 Å². The zero-order chi connectivity index (χ0) is 21.4. The van der Waals surface area contributed by atoms with Crippen molar-refractivity contribution in [2.45, 2.75) is 59.0 Å². The van der Waals surface area contributed by atoms with Gasteiger partial charge >= 0.3 is 0 Å². The predicted molar refractivity (Wildman–Crippen MR) is 113 cm³/mol. The average Bonchev–Trinajstić information content (AvgIpc) is 3.09. The van der Waals surface area contributed by atoms with Crippen molar-refractivity contribution >= 4 is 23.9 Å². The molecule has 0 bridgehead atoms. The van der Waals surface area contributed by atoms with E-state index in [0.29, 0.717) is 30.9 Å². The van der Waals surface area contributed by atoms with E-state index in [9.17, 15) is 19.5 Å². The van der Waals surface area contributed by atoms with Crippen LogP contribution in [0.2, 0.25) is 0 Å². The first-order valence-electron chi connectivity index (χ1n) is 10.6. The fourth-order valence-electron chi connectivity index (χ4n) is 4.01. The van der Waals surface area contributed by atoms with Gasteiger partial charge in [-0.25, -0.2) is 0 Å². The highest BCUT2D eigenvalue weighted by atomic mass is 16.3. The number of amides is 3. The summed E-state index contributed by atoms with van der Waals surface area (Å²) in [7, 11) is 0. The second-order valence-corrected chi connectivity index (χ2v) is 7.32. The number of piperidine rings is 1. The van der Waals surface area contributed by atoms with Crippen LogP contribution >= 0.6 is 0 Å². The van der Waals surface area contributed by atoms with Gasteiger partial charge < -0.3 is 14.9 Å². The highest BCUT2D eigenvalue weighted by Crippen LogP contribution is 2.31. The Morgan fingerprint density at radius 2 is 2.00 bits per heavy atom. The Hall–Kier alpha value is -2.41. The number of hydrogen-bond donors (Lipinski definition) is 2. The van der Waals surface area contributed by atoms with E-state index in [-0.39, 0.29) is 12.5 Å². The topological polar surface area (TPSA) is 90.0 Å². The number of carbonyl (C=O) groups excluding carboxylic acids is 3. The van der Waals surface area contributed by atoms with E-state index in [0.717, 1.165) is 43.6 Å². The molecule has 2 aliphatic heterocycles. The van der Waals surface area contributed by atoms with E-state index >= 15 is 0 Å². The maximum Gasteiger partial charge on any atom is 0.255 e. The summed E-state index contributed by atoms with van der Waals surface area (Å²) in [5, 5.41) is 11.5. The van der Waals surface area contributed by atoms with Gasteiger partial charge in [0.2, 0.25) is 12.3 Å². The second-order valence-electron chi connectivity index (χ2n) is 7.32. The van der Waals surface area contributed by atoms with E-state index in [1.54, 1.807) is 4.90 Å². The standard InChI is InChI=1S/C20H27N3O4.C2H6/c1-2-3-18(19(26)21-13-25)23-11-15-10-16(4-5-17(15)20(23)27)22-8-6-14(12-24)7-9-22;1-2/h4-5,10,13-14,18,24H,2-3,6-9,11-12H2,1H3,(H,21,25,26);1-2H3. The minimum absolute atomic E-state index is 0.157. The zero-order valence-corrected chi connectivity index (χ0v) is 17.7. The van der Waals surface area contributed by atoms with Gasteiger partial charge in [0.15, 0.2) is 0 Å². The number of aliphatic hydroxyl groups excluding tert-OH is 1. The summed E-state index contributed by atoms with van der Waals surface area (Å²) in [6.45, 7) is 8.35. The Labute approximate surface area is 173 Å². The maximum absolute atomic E-state index is 12.8. The summed E-state index contributed by atoms with van der Waals surface area (Å²) >= 11 is 0. The fourth-order valence-corrected chi connectivity index (χ4v) is 4.01. The van der Waals surface area contributed by atoms with Gasteiger partial charge in [0.25, 0.3) is 5.91 Å². The van der Waals surface area contributed by atoms with Crippen LogP contribution in [0, 0.1) is 5.92 Å². The summed E-state index contributed by atoms with van der Waals surface area (Å²) in [6, 6.07) is 5.20. The quantitative estimate of drug-likeness (QED) is 0.682. The Balaban J connectivity index is 0.00000145. The number of rotatable bonds is 7. The lowest BCUT2D eigenvalue weighted by Gasteiger charge is -2.33. The second kappa shape index (κ2) is 11.0. The van der Waals surface area contributed by atoms with Gasteiger partial charge in [-0.15, -0.1) is 0 Å². The number of aliphatic hydroxyl groups is 1. The number of carbonyl (C=O) groups is 3. The van der Waals surface area contributed by atoms with E-state index in [4.69, 9.17) is 0 Å². The third kappa shape index (κ3) is 5.15. The van der Waals surface area contributed by atoms with Crippen LogP contribution in [0.5, 0.6) is 0 Å². The number of fused-ring (bicyclic) bond motifs is 1. The molecule has 0 radical (unpaired) electrons. The molecule has 1 aromatic carbocycles. The Kier molecular flexibility index (Phi) is 8.64. The number of hydrogen-bond acceptors (Lipinski definition) is 5. The maximum atomic E-state index is 12.8. The highest BCUT2D eigenvalue weighted by molar-refractivity contribution is 6.02. The molecule has 1 unspecified atom stereocenters. The Morgan fingerprint density at radius 3 is 2.59 bits per heavy atom. The smallest absolute Gasteiger partial charge is 0.255 e. The third-order valence-corrected chi connectivity index (χ3v) is 5.60. The number of imide groups is 1. The lowest BCUT2D eigenvalue weighted by Crippen LogP contribution is -2.46. The van der Waals surface area contributed by atoms with Crippen LogP contribution in [0.3, 0.4) is 0 Å². The molecule has 2 aliphatic rings. The number of anilines is 1. The molecule has 0 saturated carbocycles. The van der Waals surface area contributed by atoms with Crippen LogP contribution in [-0.4, -0.2) is 54.0 Å². The normalized spacial score (nSPS) is 17.3. The zero-order valence-electron chi connectivity index (χ0n) is 17.7. The third-order valence-electron chi connectivity index (χ3n) is 5.60. The van der Waals surface area contributed by atoms with Crippen molar-refractivity contribution in [3.05, 3.63) is 29.3 Å². The minimum Gasteiger partial charge on any atom is -0.396 e. The molecule has 1 aromatic rings. The molecular formula is C22H33N3O4. The largest absolute Gasteiger partial charge is 0.396 e. The predicted octanol–water partition coefficient (Wildman–Crippen LogP) is 2.32. The summed E-state index contributed by atoms with van der Waals surface area (Å²) in [6.07, 6.45) is 3.54. The number of nitrogens with one attached hydrogen (secondary N) is 1.